The first-order valence-corrected chi connectivity index (χ1v) is 46.3. The molecule has 0 spiro atoms. The van der Waals surface area contributed by atoms with Crippen molar-refractivity contribution in [1.29, 1.82) is 21.0 Å². The van der Waals surface area contributed by atoms with Crippen LogP contribution in [0.2, 0.25) is 0 Å². The monoisotopic (exact) mass is 1840 g/mol. The Morgan fingerprint density at radius 1 is 0.477 bits per heavy atom. The minimum Gasteiger partial charge on any atom is -0.478 e. The van der Waals surface area contributed by atoms with E-state index in [0.717, 1.165) is 111 Å². The number of ether oxygens (including phenoxy) is 3. The fraction of sp³-hybridized carbons (Fsp3) is 0.409. The van der Waals surface area contributed by atoms with Crippen LogP contribution in [0.1, 0.15) is 190 Å². The summed E-state index contributed by atoms with van der Waals surface area (Å²) in [5.74, 6) is 0.192. The van der Waals surface area contributed by atoms with Gasteiger partial charge in [-0.25, -0.2) is 34.1 Å². The van der Waals surface area contributed by atoms with E-state index in [4.69, 9.17) is 35.6 Å². The molecule has 4 saturated heterocycles. The average Bonchev–Trinajstić information content (AvgIpc) is 1.58. The number of aliphatic hydroxyl groups excluding tert-OH is 1. The fourth-order valence-electron chi connectivity index (χ4n) is 15.6. The van der Waals surface area contributed by atoms with Crippen molar-refractivity contribution in [2.75, 3.05) is 85.2 Å². The molecule has 3 atom stereocenters. The Bertz CT molecular complexity index is 6340. The van der Waals surface area contributed by atoms with Gasteiger partial charge in [0, 0.05) is 97.9 Å². The Kier molecular flexibility index (Phi) is 31.5. The number of nitrogens with two attached hydrogens (primary N) is 2. The number of anilines is 5. The highest BCUT2D eigenvalue weighted by Gasteiger charge is 2.34. The number of hydrogen-bond donors (Lipinski definition) is 7. The maximum atomic E-state index is 13.6. The van der Waals surface area contributed by atoms with Crippen molar-refractivity contribution in [1.82, 2.24) is 54.4 Å². The number of rotatable bonds is 19. The molecule has 4 amide bonds. The number of nitrogens with one attached hydrogen (secondary N) is 3. The van der Waals surface area contributed by atoms with Gasteiger partial charge in [-0.2, -0.15) is 21.0 Å². The van der Waals surface area contributed by atoms with E-state index in [1.807, 2.05) is 132 Å². The number of fused-ring (bicyclic) bond motifs is 3. The molecule has 37 heteroatoms. The van der Waals surface area contributed by atoms with Crippen molar-refractivity contribution in [3.63, 3.8) is 0 Å². The first kappa shape index (κ1) is 95.8. The number of aromatic carboxylic acids is 1. The third-order valence-electron chi connectivity index (χ3n) is 21.6. The third kappa shape index (κ3) is 24.6. The molecule has 11 heterocycles. The topological polar surface area (TPSA) is 458 Å². The number of amides is 4. The lowest BCUT2D eigenvalue weighted by Gasteiger charge is -2.36. The van der Waals surface area contributed by atoms with Gasteiger partial charge in [-0.05, 0) is 185 Å². The number of thiophene rings is 4. The number of nitriles is 4. The molecule has 4 aromatic carbocycles. The quantitative estimate of drug-likeness (QED) is 0.0370. The van der Waals surface area contributed by atoms with Crippen molar-refractivity contribution in [2.45, 2.75) is 188 Å². The van der Waals surface area contributed by atoms with Crippen molar-refractivity contribution >= 4 is 135 Å². The lowest BCUT2D eigenvalue weighted by Crippen LogP contribution is -2.52. The highest BCUT2D eigenvalue weighted by Crippen LogP contribution is 2.33. The van der Waals surface area contributed by atoms with Gasteiger partial charge in [0.2, 0.25) is 17.8 Å². The molecule has 33 nitrogen and oxygen atoms in total. The number of benzene rings is 4. The second kappa shape index (κ2) is 42.8. The highest BCUT2D eigenvalue weighted by molar-refractivity contribution is 7.18. The number of nitrogen functional groups attached to an aromatic ring is 2. The maximum Gasteiger partial charge on any atom is 0.407 e. The van der Waals surface area contributed by atoms with E-state index in [-0.39, 0.29) is 78.0 Å². The second-order valence-corrected chi connectivity index (χ2v) is 38.5. The minimum absolute atomic E-state index is 0.0555. The number of nitrogens with zero attached hydrogens (tertiary/aromatic N) is 15. The molecule has 130 heavy (non-hydrogen) atoms. The molecule has 0 unspecified atom stereocenters. The Morgan fingerprint density at radius 3 is 1.30 bits per heavy atom. The van der Waals surface area contributed by atoms with Gasteiger partial charge in [0.25, 0.3) is 22.6 Å². The third-order valence-corrected chi connectivity index (χ3v) is 25.5. The van der Waals surface area contributed by atoms with Gasteiger partial charge in [-0.3, -0.25) is 37.8 Å². The fourth-order valence-corrected chi connectivity index (χ4v) is 19.1. The number of alkyl carbamates (subject to hydrolysis) is 3. The SMILES string of the molecule is CC(C)(C)OC(=O)N[C@@H]1CCCN(CN(Cc2ccccc2C#N)C(=O)c2cc(N)cs2)C1.CC(C)(C)OC(=O)N[C@@H]1CCCN(c2nc3c(CO)csc3c(=O)n2Cc2ccccc2C#N)C1.CC(C)(C)OC(=O)N[C@@H]1CCCN(c2nc3c(N)csc3c(=O)n2Cc2ccccc2C#N)C1.N#Cc1ccccc1Cn1c(N2CCCCC2)nc2c(C(=O)O)csc2c1=O. The maximum absolute atomic E-state index is 13.6. The highest BCUT2D eigenvalue weighted by atomic mass is 32.1. The van der Waals surface area contributed by atoms with Crippen LogP contribution in [0.5, 0.6) is 0 Å². The molecule has 4 aliphatic heterocycles. The summed E-state index contributed by atoms with van der Waals surface area (Å²) >= 11 is 4.93. The molecule has 9 N–H and O–H groups in total. The summed E-state index contributed by atoms with van der Waals surface area (Å²) in [6.07, 6.45) is 6.65. The van der Waals surface area contributed by atoms with Crippen LogP contribution in [0.25, 0.3) is 30.6 Å². The van der Waals surface area contributed by atoms with Crippen LogP contribution in [-0.4, -0.2) is 173 Å². The van der Waals surface area contributed by atoms with Crippen molar-refractivity contribution in [3.8, 4) is 24.3 Å². The Labute approximate surface area is 767 Å². The normalized spacial score (nSPS) is 15.9. The van der Waals surface area contributed by atoms with Gasteiger partial charge < -0.3 is 71.4 Å². The molecule has 0 radical (unpaired) electrons. The first-order chi connectivity index (χ1) is 62.1. The summed E-state index contributed by atoms with van der Waals surface area (Å²) in [6.45, 7) is 22.7. The van der Waals surface area contributed by atoms with E-state index < -0.39 is 41.1 Å². The summed E-state index contributed by atoms with van der Waals surface area (Å²) in [6, 6.07) is 38.9. The zero-order chi connectivity index (χ0) is 93.3. The van der Waals surface area contributed by atoms with E-state index in [1.54, 1.807) is 83.3 Å². The van der Waals surface area contributed by atoms with Gasteiger partial charge in [-0.15, -0.1) is 45.3 Å². The van der Waals surface area contributed by atoms with Crippen LogP contribution in [0.3, 0.4) is 0 Å². The van der Waals surface area contributed by atoms with Crippen LogP contribution >= 0.6 is 45.3 Å². The second-order valence-electron chi connectivity index (χ2n) is 34.9. The predicted octanol–water partition coefficient (Wildman–Crippen LogP) is 13.7. The van der Waals surface area contributed by atoms with Crippen LogP contribution in [0.4, 0.5) is 43.6 Å². The van der Waals surface area contributed by atoms with Gasteiger partial charge in [0.15, 0.2) is 0 Å². The van der Waals surface area contributed by atoms with Gasteiger partial charge in [0.05, 0.1) is 101 Å². The first-order valence-electron chi connectivity index (χ1n) is 42.8. The number of carboxylic acids is 1. The number of aliphatic hydroxyl groups is 1. The summed E-state index contributed by atoms with van der Waals surface area (Å²) in [4.78, 5) is 127. The predicted molar refractivity (Wildman–Crippen MR) is 504 cm³/mol. The molecular weight excluding hydrogens is 1730 g/mol. The molecule has 4 fully saturated rings. The van der Waals surface area contributed by atoms with Crippen LogP contribution < -0.4 is 58.8 Å². The van der Waals surface area contributed by atoms with Crippen molar-refractivity contribution in [3.05, 3.63) is 216 Å². The van der Waals surface area contributed by atoms with E-state index in [9.17, 15) is 69.6 Å². The molecule has 680 valence electrons. The molecule has 15 rings (SSSR count). The molecular formula is C93H106N20O13S4. The van der Waals surface area contributed by atoms with E-state index >= 15 is 0 Å². The zero-order valence-electron chi connectivity index (χ0n) is 74.0. The summed E-state index contributed by atoms with van der Waals surface area (Å²) in [5.41, 5.74) is 17.5. The molecule has 11 aromatic rings. The molecule has 0 bridgehead atoms. The number of likely N-dealkylation sites (tertiary alicyclic amines) is 1. The smallest absolute Gasteiger partial charge is 0.407 e. The van der Waals surface area contributed by atoms with Gasteiger partial charge in [-0.1, -0.05) is 72.8 Å². The van der Waals surface area contributed by atoms with Crippen LogP contribution in [-0.2, 0) is 47.0 Å². The van der Waals surface area contributed by atoms with Gasteiger partial charge in [0.1, 0.15) is 41.9 Å². The van der Waals surface area contributed by atoms with E-state index in [0.29, 0.717) is 133 Å². The van der Waals surface area contributed by atoms with E-state index in [2.05, 4.69) is 50.1 Å². The lowest BCUT2D eigenvalue weighted by molar-refractivity contribution is 0.0406. The van der Waals surface area contributed by atoms with Gasteiger partial charge >= 0.3 is 24.2 Å². The molecule has 4 aliphatic rings. The Hall–Kier alpha value is -13.3. The number of carbonyl (C=O) groups is 5. The summed E-state index contributed by atoms with van der Waals surface area (Å²) < 4.78 is 22.2. The average molecular weight is 1840 g/mol. The number of hydrogen-bond acceptors (Lipinski definition) is 29. The summed E-state index contributed by atoms with van der Waals surface area (Å²) in [7, 11) is 0. The molecule has 7 aromatic heterocycles. The lowest BCUT2D eigenvalue weighted by atomic mass is 10.1. The molecule has 0 aliphatic carbocycles. The van der Waals surface area contributed by atoms with Crippen molar-refractivity contribution < 1.29 is 48.4 Å². The minimum atomic E-state index is -1.09. The number of carbonyl (C=O) groups excluding carboxylic acids is 4. The number of aromatic nitrogens is 6. The van der Waals surface area contributed by atoms with E-state index in [1.165, 1.54) is 39.4 Å². The Balaban J connectivity index is 0.000000157. The summed E-state index contributed by atoms with van der Waals surface area (Å²) in [5, 5.41) is 72.7. The number of piperidine rings is 4. The largest absolute Gasteiger partial charge is 0.478 e. The molecule has 0 saturated carbocycles. The number of carboxylic acid groups (broad SMARTS) is 1. The zero-order valence-corrected chi connectivity index (χ0v) is 77.3. The van der Waals surface area contributed by atoms with Crippen LogP contribution in [0, 0.1) is 45.3 Å². The standard InChI is InChI=1S/C25H29N5O4S.C24H28N6O3S.C24H31N5O3S.C20H18N4O3S/c1-25(2,3)34-24(33)27-19-9-6-10-29(13-19)23-28-20-18(14-31)15-35-21(20)22(32)30(23)12-17-8-5-4-7-16(17)11-26;1-24(2,3)33-23(32)27-17-9-6-10-29(13-17)22-28-19-18(26)14-34-20(19)21(31)30(22)12-16-8-5-4-7-15(16)11-25;1-24(2,3)32-23(31)27-20-9-6-10-28(14-20)16-29(22(30)21-11-19(26)15-33-21)13-18-8-5-4-7-17(18)12-25;21-10-13-6-2-3-7-14(13)11-24-18(25)17-16(15(12-28-17)19(26)27)22-20(24)23-8-4-1-5-9-23/h4-5,7-8,15,19,31H,6,9-10,12-14H2,1-3H3,(H,27,33);4-5,7-8,14,17H,6,9-10,12-13,26H2,1-3H3,(H,27,32);4-5,7-8,11,15,20H,6,9-10,13-14,16,26H2,1-3H3,(H,27,31);2-3,6-7,12H,1,4-5,8-9,11H2,(H,26,27)/t19-;17-;20-;/m111./s1. The van der Waals surface area contributed by atoms with Crippen LogP contribution in [0.15, 0.2) is 139 Å². The Morgan fingerprint density at radius 2 is 0.862 bits per heavy atom. The van der Waals surface area contributed by atoms with Crippen molar-refractivity contribution in [2.24, 2.45) is 0 Å².